The van der Waals surface area contributed by atoms with Gasteiger partial charge in [-0.1, -0.05) is 12.1 Å². The van der Waals surface area contributed by atoms with Crippen LogP contribution < -0.4 is 20.7 Å². The van der Waals surface area contributed by atoms with Crippen LogP contribution in [0.2, 0.25) is 0 Å². The smallest absolute Gasteiger partial charge is 0.323 e. The summed E-state index contributed by atoms with van der Waals surface area (Å²) < 4.78 is 16.7. The van der Waals surface area contributed by atoms with Crippen molar-refractivity contribution in [1.82, 2.24) is 15.4 Å². The molecule has 0 aliphatic carbocycles. The van der Waals surface area contributed by atoms with E-state index in [9.17, 15) is 9.59 Å². The Balaban J connectivity index is 1.84. The number of methoxy groups -OCH3 is 1. The molecule has 2 heterocycles. The second-order valence-electron chi connectivity index (χ2n) is 8.55. The SMILES string of the molecule is CO[C@H]1CN(C)C(=O)c2cc(NC(=O)Nc3c(C)noc3C)ccc2OC[C@H](C)NC[C@@H]1C. The van der Waals surface area contributed by atoms with Gasteiger partial charge in [-0.2, -0.15) is 0 Å². The second kappa shape index (κ2) is 10.7. The highest BCUT2D eigenvalue weighted by Crippen LogP contribution is 2.26. The van der Waals surface area contributed by atoms with Gasteiger partial charge in [-0.15, -0.1) is 0 Å². The maximum atomic E-state index is 13.3. The zero-order chi connectivity index (χ0) is 24.1. The number of ether oxygens (including phenoxy) is 2. The predicted octanol–water partition coefficient (Wildman–Crippen LogP) is 3.03. The summed E-state index contributed by atoms with van der Waals surface area (Å²) in [5.74, 6) is 0.956. The molecule has 0 spiro atoms. The molecule has 0 bridgehead atoms. The molecule has 180 valence electrons. The number of likely N-dealkylation sites (N-methyl/N-ethyl adjacent to an activating group) is 1. The molecule has 1 aliphatic heterocycles. The van der Waals surface area contributed by atoms with Crippen LogP contribution in [0.5, 0.6) is 5.75 Å². The van der Waals surface area contributed by atoms with Crippen molar-refractivity contribution < 1.29 is 23.6 Å². The summed E-state index contributed by atoms with van der Waals surface area (Å²) in [6.45, 7) is 9.15. The topological polar surface area (TPSA) is 118 Å². The Bertz CT molecular complexity index is 972. The molecule has 3 atom stereocenters. The lowest BCUT2D eigenvalue weighted by molar-refractivity contribution is 0.0281. The molecular formula is C23H33N5O5. The molecule has 0 saturated carbocycles. The van der Waals surface area contributed by atoms with Crippen molar-refractivity contribution >= 4 is 23.3 Å². The maximum Gasteiger partial charge on any atom is 0.323 e. The summed E-state index contributed by atoms with van der Waals surface area (Å²) in [7, 11) is 3.39. The van der Waals surface area contributed by atoms with Gasteiger partial charge in [0.1, 0.15) is 23.7 Å². The summed E-state index contributed by atoms with van der Waals surface area (Å²) >= 11 is 0. The first kappa shape index (κ1) is 24.5. The number of carbonyl (C=O) groups is 2. The van der Waals surface area contributed by atoms with Gasteiger partial charge in [0.15, 0.2) is 5.76 Å². The standard InChI is InChI=1S/C23H33N5O5/c1-13-10-24-14(2)12-32-19-8-7-17(9-18(19)22(29)28(5)11-20(13)31-6)25-23(30)26-21-15(3)27-33-16(21)4/h7-9,13-14,20,24H,10-12H2,1-6H3,(H2,25,26,30)/t13-,14-,20-/m0/s1. The monoisotopic (exact) mass is 459 g/mol. The van der Waals surface area contributed by atoms with Crippen molar-refractivity contribution in [2.75, 3.05) is 44.5 Å². The van der Waals surface area contributed by atoms with Gasteiger partial charge < -0.3 is 34.8 Å². The number of anilines is 2. The van der Waals surface area contributed by atoms with E-state index < -0.39 is 6.03 Å². The van der Waals surface area contributed by atoms with Crippen LogP contribution in [0, 0.1) is 19.8 Å². The average molecular weight is 460 g/mol. The molecule has 3 rings (SSSR count). The average Bonchev–Trinajstić information content (AvgIpc) is 3.10. The summed E-state index contributed by atoms with van der Waals surface area (Å²) in [6, 6.07) is 4.63. The molecule has 10 nitrogen and oxygen atoms in total. The number of nitrogens with zero attached hydrogens (tertiary/aromatic N) is 2. The minimum Gasteiger partial charge on any atom is -0.491 e. The molecule has 1 aliphatic rings. The lowest BCUT2D eigenvalue weighted by Crippen LogP contribution is -2.44. The summed E-state index contributed by atoms with van der Waals surface area (Å²) in [6.07, 6.45) is -0.121. The first-order valence-corrected chi connectivity index (χ1v) is 11.0. The molecule has 33 heavy (non-hydrogen) atoms. The lowest BCUT2D eigenvalue weighted by Gasteiger charge is -2.30. The number of nitrogens with one attached hydrogen (secondary N) is 3. The van der Waals surface area contributed by atoms with E-state index in [4.69, 9.17) is 14.0 Å². The first-order valence-electron chi connectivity index (χ1n) is 11.0. The second-order valence-corrected chi connectivity index (χ2v) is 8.55. The third-order valence-corrected chi connectivity index (χ3v) is 5.75. The quantitative estimate of drug-likeness (QED) is 0.646. The Morgan fingerprint density at radius 2 is 2.03 bits per heavy atom. The molecule has 0 radical (unpaired) electrons. The Labute approximate surface area is 194 Å². The fraction of sp³-hybridized carbons (Fsp3) is 0.522. The highest BCUT2D eigenvalue weighted by Gasteiger charge is 2.25. The van der Waals surface area contributed by atoms with Gasteiger partial charge in [-0.25, -0.2) is 4.79 Å². The summed E-state index contributed by atoms with van der Waals surface area (Å²) in [4.78, 5) is 27.5. The van der Waals surface area contributed by atoms with Crippen LogP contribution in [0.4, 0.5) is 16.2 Å². The van der Waals surface area contributed by atoms with E-state index in [1.807, 2.05) is 6.92 Å². The van der Waals surface area contributed by atoms with E-state index in [0.29, 0.717) is 47.3 Å². The molecule has 1 aromatic heterocycles. The number of rotatable bonds is 3. The van der Waals surface area contributed by atoms with Crippen LogP contribution in [0.15, 0.2) is 22.7 Å². The van der Waals surface area contributed by atoms with Gasteiger partial charge in [-0.3, -0.25) is 4.79 Å². The molecule has 2 aromatic rings. The van der Waals surface area contributed by atoms with Crippen LogP contribution in [0.25, 0.3) is 0 Å². The first-order chi connectivity index (χ1) is 15.7. The number of aryl methyl sites for hydroxylation is 2. The van der Waals surface area contributed by atoms with Gasteiger partial charge >= 0.3 is 6.03 Å². The largest absolute Gasteiger partial charge is 0.491 e. The molecule has 1 aromatic carbocycles. The van der Waals surface area contributed by atoms with Crippen molar-refractivity contribution in [1.29, 1.82) is 0 Å². The fourth-order valence-corrected chi connectivity index (χ4v) is 3.68. The Kier molecular flexibility index (Phi) is 7.93. The number of amides is 3. The Hall–Kier alpha value is -3.11. The van der Waals surface area contributed by atoms with Gasteiger partial charge in [0, 0.05) is 39.0 Å². The van der Waals surface area contributed by atoms with Crippen molar-refractivity contribution in [2.24, 2.45) is 5.92 Å². The molecule has 0 saturated heterocycles. The van der Waals surface area contributed by atoms with Gasteiger partial charge in [0.2, 0.25) is 0 Å². The molecule has 3 N–H and O–H groups in total. The van der Waals surface area contributed by atoms with E-state index in [1.54, 1.807) is 51.1 Å². The molecular weight excluding hydrogens is 426 g/mol. The summed E-state index contributed by atoms with van der Waals surface area (Å²) in [5.41, 5.74) is 1.91. The van der Waals surface area contributed by atoms with Gasteiger partial charge in [0.25, 0.3) is 5.91 Å². The van der Waals surface area contributed by atoms with Crippen LogP contribution in [0.1, 0.15) is 35.7 Å². The number of aromatic nitrogens is 1. The van der Waals surface area contributed by atoms with E-state index in [2.05, 4.69) is 28.0 Å². The number of urea groups is 1. The zero-order valence-electron chi connectivity index (χ0n) is 20.0. The number of carbonyl (C=O) groups excluding carboxylic acids is 2. The number of hydrogen-bond acceptors (Lipinski definition) is 7. The van der Waals surface area contributed by atoms with E-state index >= 15 is 0 Å². The highest BCUT2D eigenvalue weighted by atomic mass is 16.5. The van der Waals surface area contributed by atoms with Gasteiger partial charge in [0.05, 0.1) is 11.7 Å². The number of benzene rings is 1. The Morgan fingerprint density at radius 3 is 2.70 bits per heavy atom. The highest BCUT2D eigenvalue weighted by molar-refractivity contribution is 6.02. The maximum absolute atomic E-state index is 13.3. The van der Waals surface area contributed by atoms with Gasteiger partial charge in [-0.05, 0) is 44.9 Å². The lowest BCUT2D eigenvalue weighted by atomic mass is 10.0. The molecule has 0 fully saturated rings. The molecule has 3 amide bonds. The van der Waals surface area contributed by atoms with E-state index in [-0.39, 0.29) is 24.0 Å². The van der Waals surface area contributed by atoms with E-state index in [0.717, 1.165) is 6.54 Å². The van der Waals surface area contributed by atoms with Crippen LogP contribution in [0.3, 0.4) is 0 Å². The minimum atomic E-state index is -0.467. The predicted molar refractivity (Wildman–Crippen MR) is 125 cm³/mol. The third-order valence-electron chi connectivity index (χ3n) is 5.75. The Morgan fingerprint density at radius 1 is 1.27 bits per heavy atom. The minimum absolute atomic E-state index is 0.0868. The third kappa shape index (κ3) is 6.02. The normalized spacial score (nSPS) is 21.9. The molecule has 0 unspecified atom stereocenters. The van der Waals surface area contributed by atoms with Crippen molar-refractivity contribution in [3.8, 4) is 5.75 Å². The van der Waals surface area contributed by atoms with Crippen LogP contribution in [-0.4, -0.2) is 68.0 Å². The van der Waals surface area contributed by atoms with Crippen molar-refractivity contribution in [2.45, 2.75) is 39.8 Å². The van der Waals surface area contributed by atoms with E-state index in [1.165, 1.54) is 0 Å². The number of fused-ring (bicyclic) bond motifs is 1. The molecule has 10 heteroatoms. The number of hydrogen-bond donors (Lipinski definition) is 3. The van der Waals surface area contributed by atoms with Crippen LogP contribution in [-0.2, 0) is 4.74 Å². The fourth-order valence-electron chi connectivity index (χ4n) is 3.68. The van der Waals surface area contributed by atoms with Crippen molar-refractivity contribution in [3.05, 3.63) is 35.2 Å². The van der Waals surface area contributed by atoms with Crippen LogP contribution >= 0.6 is 0 Å². The zero-order valence-corrected chi connectivity index (χ0v) is 20.0. The van der Waals surface area contributed by atoms with Crippen molar-refractivity contribution in [3.63, 3.8) is 0 Å². The summed E-state index contributed by atoms with van der Waals surface area (Å²) in [5, 5.41) is 12.8.